The molecule has 1 aliphatic rings. The lowest BCUT2D eigenvalue weighted by Gasteiger charge is -2.20. The van der Waals surface area contributed by atoms with Crippen LogP contribution in [0.4, 0.5) is 0 Å². The summed E-state index contributed by atoms with van der Waals surface area (Å²) < 4.78 is 6.79. The third-order valence-electron chi connectivity index (χ3n) is 3.22. The van der Waals surface area contributed by atoms with Gasteiger partial charge in [-0.3, -0.25) is 0 Å². The largest absolute Gasteiger partial charge is 0.377 e. The maximum absolute atomic E-state index is 6.35. The van der Waals surface area contributed by atoms with Gasteiger partial charge in [-0.15, -0.1) is 10.2 Å². The number of hydrogen-bond donors (Lipinski definition) is 1. The summed E-state index contributed by atoms with van der Waals surface area (Å²) in [5.41, 5.74) is 6.01. The molecule has 7 heteroatoms. The van der Waals surface area contributed by atoms with Crippen LogP contribution in [0.1, 0.15) is 30.6 Å². The molecule has 1 fully saturated rings. The fourth-order valence-corrected chi connectivity index (χ4v) is 2.95. The third-order valence-corrected chi connectivity index (χ3v) is 4.37. The molecule has 2 heterocycles. The standard InChI is InChI=1S/C10H15N5OS/c1-10(11,6-3-4-6)8-14-15-7(5-16-2)12-13-9(15)17-8/h6H,3-5,11H2,1-2H3. The second kappa shape index (κ2) is 3.72. The van der Waals surface area contributed by atoms with E-state index in [0.717, 1.165) is 15.8 Å². The lowest BCUT2D eigenvalue weighted by molar-refractivity contribution is 0.176. The van der Waals surface area contributed by atoms with Gasteiger partial charge in [-0.1, -0.05) is 11.3 Å². The molecule has 0 aliphatic heterocycles. The first-order chi connectivity index (χ1) is 8.13. The summed E-state index contributed by atoms with van der Waals surface area (Å²) in [5.74, 6) is 1.27. The molecule has 0 radical (unpaired) electrons. The summed E-state index contributed by atoms with van der Waals surface area (Å²) in [6.45, 7) is 2.46. The van der Waals surface area contributed by atoms with Crippen LogP contribution in [0.2, 0.25) is 0 Å². The number of hydrogen-bond acceptors (Lipinski definition) is 6. The molecule has 6 nitrogen and oxygen atoms in total. The first-order valence-corrected chi connectivity index (χ1v) is 6.44. The van der Waals surface area contributed by atoms with Crippen molar-refractivity contribution in [2.24, 2.45) is 11.7 Å². The minimum Gasteiger partial charge on any atom is -0.377 e. The molecule has 92 valence electrons. The Morgan fingerprint density at radius 1 is 1.53 bits per heavy atom. The Morgan fingerprint density at radius 3 is 2.94 bits per heavy atom. The Morgan fingerprint density at radius 2 is 2.29 bits per heavy atom. The molecule has 0 bridgehead atoms. The fourth-order valence-electron chi connectivity index (χ4n) is 1.95. The molecular weight excluding hydrogens is 238 g/mol. The second-order valence-electron chi connectivity index (χ2n) is 4.71. The van der Waals surface area contributed by atoms with Crippen LogP contribution >= 0.6 is 11.3 Å². The monoisotopic (exact) mass is 253 g/mol. The third kappa shape index (κ3) is 1.74. The molecule has 17 heavy (non-hydrogen) atoms. The van der Waals surface area contributed by atoms with Gasteiger partial charge >= 0.3 is 0 Å². The molecule has 1 saturated carbocycles. The van der Waals surface area contributed by atoms with E-state index in [9.17, 15) is 0 Å². The van der Waals surface area contributed by atoms with E-state index in [1.54, 1.807) is 11.6 Å². The zero-order valence-electron chi connectivity index (χ0n) is 9.88. The lowest BCUT2D eigenvalue weighted by Crippen LogP contribution is -2.35. The van der Waals surface area contributed by atoms with Crippen molar-refractivity contribution in [2.45, 2.75) is 31.9 Å². The van der Waals surface area contributed by atoms with Gasteiger partial charge in [0.2, 0.25) is 4.96 Å². The first-order valence-electron chi connectivity index (χ1n) is 5.62. The molecule has 1 unspecified atom stereocenters. The van der Waals surface area contributed by atoms with Gasteiger partial charge in [0.05, 0.1) is 5.54 Å². The van der Waals surface area contributed by atoms with Crippen molar-refractivity contribution < 1.29 is 4.74 Å². The van der Waals surface area contributed by atoms with E-state index in [2.05, 4.69) is 15.3 Å². The number of nitrogens with two attached hydrogens (primary N) is 1. The Bertz CT molecular complexity index is 542. The topological polar surface area (TPSA) is 78.3 Å². The summed E-state index contributed by atoms with van der Waals surface area (Å²) in [6, 6.07) is 0. The van der Waals surface area contributed by atoms with E-state index < -0.39 is 0 Å². The van der Waals surface area contributed by atoms with Crippen LogP contribution in [0.5, 0.6) is 0 Å². The average molecular weight is 253 g/mol. The van der Waals surface area contributed by atoms with Crippen LogP contribution in [0.15, 0.2) is 0 Å². The quantitative estimate of drug-likeness (QED) is 0.876. The summed E-state index contributed by atoms with van der Waals surface area (Å²) >= 11 is 1.52. The Hall–Kier alpha value is -1.05. The summed E-state index contributed by atoms with van der Waals surface area (Å²) in [5, 5.41) is 13.6. The van der Waals surface area contributed by atoms with E-state index in [1.807, 2.05) is 6.92 Å². The van der Waals surface area contributed by atoms with Crippen LogP contribution in [-0.2, 0) is 16.9 Å². The van der Waals surface area contributed by atoms with Gasteiger partial charge in [0.15, 0.2) is 5.82 Å². The molecule has 0 amide bonds. The predicted molar refractivity (Wildman–Crippen MR) is 63.6 cm³/mol. The van der Waals surface area contributed by atoms with Crippen LogP contribution in [0, 0.1) is 5.92 Å². The number of ether oxygens (including phenoxy) is 1. The average Bonchev–Trinajstić information content (AvgIpc) is 2.96. The van der Waals surface area contributed by atoms with E-state index >= 15 is 0 Å². The second-order valence-corrected chi connectivity index (χ2v) is 5.66. The highest BCUT2D eigenvalue weighted by molar-refractivity contribution is 7.16. The maximum Gasteiger partial charge on any atom is 0.234 e. The predicted octanol–water partition coefficient (Wildman–Crippen LogP) is 0.916. The van der Waals surface area contributed by atoms with Gasteiger partial charge in [0.25, 0.3) is 0 Å². The molecular formula is C10H15N5OS. The zero-order chi connectivity index (χ0) is 12.0. The Balaban J connectivity index is 2.01. The number of methoxy groups -OCH3 is 1. The molecule has 3 rings (SSSR count). The van der Waals surface area contributed by atoms with E-state index in [4.69, 9.17) is 10.5 Å². The van der Waals surface area contributed by atoms with Gasteiger partial charge in [-0.25, -0.2) is 0 Å². The van der Waals surface area contributed by atoms with Crippen LogP contribution < -0.4 is 5.73 Å². The van der Waals surface area contributed by atoms with Crippen molar-refractivity contribution in [2.75, 3.05) is 7.11 Å². The summed E-state index contributed by atoms with van der Waals surface area (Å²) in [7, 11) is 1.63. The highest BCUT2D eigenvalue weighted by atomic mass is 32.1. The Kier molecular flexibility index (Phi) is 2.42. The normalized spacial score (nSPS) is 19.7. The minimum atomic E-state index is -0.338. The molecule has 0 spiro atoms. The summed E-state index contributed by atoms with van der Waals surface area (Å²) in [6.07, 6.45) is 2.39. The van der Waals surface area contributed by atoms with Gasteiger partial charge in [-0.05, 0) is 25.7 Å². The van der Waals surface area contributed by atoms with Crippen molar-refractivity contribution in [1.82, 2.24) is 19.8 Å². The van der Waals surface area contributed by atoms with E-state index in [1.165, 1.54) is 24.2 Å². The highest BCUT2D eigenvalue weighted by Gasteiger charge is 2.42. The highest BCUT2D eigenvalue weighted by Crippen LogP contribution is 2.44. The van der Waals surface area contributed by atoms with Crippen molar-refractivity contribution in [3.05, 3.63) is 10.8 Å². The smallest absolute Gasteiger partial charge is 0.234 e. The number of nitrogens with zero attached hydrogens (tertiary/aromatic N) is 4. The molecule has 2 aromatic heterocycles. The zero-order valence-corrected chi connectivity index (χ0v) is 10.7. The number of aromatic nitrogens is 4. The van der Waals surface area contributed by atoms with Gasteiger partial charge in [-0.2, -0.15) is 9.61 Å². The van der Waals surface area contributed by atoms with Crippen molar-refractivity contribution >= 4 is 16.3 Å². The SMILES string of the molecule is COCc1nnc2sc(C(C)(N)C3CC3)nn12. The number of fused-ring (bicyclic) bond motifs is 1. The molecule has 2 aromatic rings. The van der Waals surface area contributed by atoms with Gasteiger partial charge in [0, 0.05) is 7.11 Å². The van der Waals surface area contributed by atoms with E-state index in [-0.39, 0.29) is 5.54 Å². The van der Waals surface area contributed by atoms with Crippen LogP contribution in [0.25, 0.3) is 4.96 Å². The molecule has 1 aliphatic carbocycles. The molecule has 0 aromatic carbocycles. The van der Waals surface area contributed by atoms with Crippen LogP contribution in [-0.4, -0.2) is 26.9 Å². The molecule has 1 atom stereocenters. The van der Waals surface area contributed by atoms with Gasteiger partial charge in [0.1, 0.15) is 11.6 Å². The van der Waals surface area contributed by atoms with E-state index in [0.29, 0.717) is 12.5 Å². The number of rotatable bonds is 4. The Labute approximate surface area is 103 Å². The van der Waals surface area contributed by atoms with Gasteiger partial charge < -0.3 is 10.5 Å². The van der Waals surface area contributed by atoms with Crippen LogP contribution in [0.3, 0.4) is 0 Å². The fraction of sp³-hybridized carbons (Fsp3) is 0.700. The molecule has 0 saturated heterocycles. The van der Waals surface area contributed by atoms with Crippen molar-refractivity contribution in [1.29, 1.82) is 0 Å². The van der Waals surface area contributed by atoms with Crippen molar-refractivity contribution in [3.63, 3.8) is 0 Å². The lowest BCUT2D eigenvalue weighted by atomic mass is 9.99. The summed E-state index contributed by atoms with van der Waals surface area (Å²) in [4.78, 5) is 0.782. The maximum atomic E-state index is 6.35. The first kappa shape index (κ1) is 11.1. The minimum absolute atomic E-state index is 0.338. The molecule has 2 N–H and O–H groups in total. The van der Waals surface area contributed by atoms with Crippen molar-refractivity contribution in [3.8, 4) is 0 Å².